The Labute approximate surface area is 127 Å². The van der Waals surface area contributed by atoms with Gasteiger partial charge in [-0.2, -0.15) is 0 Å². The van der Waals surface area contributed by atoms with Gasteiger partial charge < -0.3 is 5.41 Å². The van der Waals surface area contributed by atoms with Crippen LogP contribution in [0.3, 0.4) is 0 Å². The van der Waals surface area contributed by atoms with Crippen molar-refractivity contribution in [3.63, 3.8) is 0 Å². The van der Waals surface area contributed by atoms with Crippen molar-refractivity contribution < 1.29 is 0 Å². The predicted octanol–water partition coefficient (Wildman–Crippen LogP) is 5.95. The zero-order chi connectivity index (χ0) is 14.4. The summed E-state index contributed by atoms with van der Waals surface area (Å²) >= 11 is 1.77. The lowest BCUT2D eigenvalue weighted by atomic mass is 9.96. The van der Waals surface area contributed by atoms with E-state index in [9.17, 15) is 0 Å². The van der Waals surface area contributed by atoms with Crippen LogP contribution in [0.15, 0.2) is 34.7 Å². The lowest BCUT2D eigenvalue weighted by Crippen LogP contribution is -2.01. The number of unbranched alkanes of at least 4 members (excludes halogenated alkanes) is 3. The summed E-state index contributed by atoms with van der Waals surface area (Å²) in [5, 5.41) is 8.42. The molecule has 1 aromatic rings. The van der Waals surface area contributed by atoms with Crippen LogP contribution in [0.2, 0.25) is 0 Å². The van der Waals surface area contributed by atoms with Crippen LogP contribution in [-0.4, -0.2) is 12.0 Å². The fourth-order valence-electron chi connectivity index (χ4n) is 2.52. The maximum Gasteiger partial charge on any atom is 0.0391 e. The van der Waals surface area contributed by atoms with Crippen molar-refractivity contribution in [3.05, 3.63) is 35.4 Å². The molecule has 108 valence electrons. The molecule has 1 fully saturated rings. The lowest BCUT2D eigenvalue weighted by molar-refractivity contribution is 0.683. The summed E-state index contributed by atoms with van der Waals surface area (Å²) in [5.41, 5.74) is 4.83. The standard InChI is InChI=1S/C18H25NS/c1-3-4-5-6-7-17(19)18(14-8-9-14)15-10-12-16(20-2)13-11-15/h10-13,19H,3-9H2,1-2H3. The average Bonchev–Trinajstić information content (AvgIpc) is 3.29. The Kier molecular flexibility index (Phi) is 5.90. The minimum Gasteiger partial charge on any atom is -0.305 e. The normalized spacial score (nSPS) is 13.4. The average molecular weight is 287 g/mol. The third-order valence-corrected chi connectivity index (χ3v) is 4.56. The van der Waals surface area contributed by atoms with Gasteiger partial charge in [-0.1, -0.05) is 43.9 Å². The first-order valence-corrected chi connectivity index (χ1v) is 8.93. The van der Waals surface area contributed by atoms with Crippen LogP contribution in [0.4, 0.5) is 0 Å². The molecule has 0 saturated heterocycles. The van der Waals surface area contributed by atoms with Gasteiger partial charge >= 0.3 is 0 Å². The quantitative estimate of drug-likeness (QED) is 0.357. The molecule has 1 saturated carbocycles. The van der Waals surface area contributed by atoms with E-state index in [1.165, 1.54) is 53.7 Å². The van der Waals surface area contributed by atoms with Gasteiger partial charge in [0, 0.05) is 16.2 Å². The Hall–Kier alpha value is -1.02. The monoisotopic (exact) mass is 287 g/mol. The van der Waals surface area contributed by atoms with Gasteiger partial charge in [-0.25, -0.2) is 0 Å². The first-order chi connectivity index (χ1) is 9.76. The first kappa shape index (κ1) is 15.4. The van der Waals surface area contributed by atoms with E-state index in [0.717, 1.165) is 18.6 Å². The predicted molar refractivity (Wildman–Crippen MR) is 90.9 cm³/mol. The Morgan fingerprint density at radius 1 is 1.10 bits per heavy atom. The molecule has 1 aliphatic rings. The summed E-state index contributed by atoms with van der Waals surface area (Å²) in [7, 11) is 0. The van der Waals surface area contributed by atoms with E-state index in [1.54, 1.807) is 11.8 Å². The highest BCUT2D eigenvalue weighted by Crippen LogP contribution is 2.38. The van der Waals surface area contributed by atoms with Gasteiger partial charge in [-0.15, -0.1) is 11.8 Å². The number of hydrogen-bond acceptors (Lipinski definition) is 2. The molecule has 0 heterocycles. The summed E-state index contributed by atoms with van der Waals surface area (Å²) in [4.78, 5) is 1.29. The van der Waals surface area contributed by atoms with Crippen molar-refractivity contribution in [3.8, 4) is 0 Å². The highest BCUT2D eigenvalue weighted by atomic mass is 32.2. The van der Waals surface area contributed by atoms with Gasteiger partial charge in [0.05, 0.1) is 0 Å². The summed E-state index contributed by atoms with van der Waals surface area (Å²) in [5.74, 6) is 0. The van der Waals surface area contributed by atoms with Crippen LogP contribution in [0, 0.1) is 5.41 Å². The van der Waals surface area contributed by atoms with E-state index in [1.807, 2.05) is 0 Å². The Morgan fingerprint density at radius 2 is 1.80 bits per heavy atom. The van der Waals surface area contributed by atoms with Crippen LogP contribution in [0.1, 0.15) is 57.4 Å². The molecule has 0 radical (unpaired) electrons. The van der Waals surface area contributed by atoms with Gasteiger partial charge in [0.15, 0.2) is 0 Å². The summed E-state index contributed by atoms with van der Waals surface area (Å²) in [6.45, 7) is 2.23. The zero-order valence-electron chi connectivity index (χ0n) is 12.7. The minimum absolute atomic E-state index is 0.852. The van der Waals surface area contributed by atoms with Crippen molar-refractivity contribution >= 4 is 23.0 Å². The lowest BCUT2D eigenvalue weighted by Gasteiger charge is -2.10. The van der Waals surface area contributed by atoms with E-state index >= 15 is 0 Å². The highest BCUT2D eigenvalue weighted by Gasteiger charge is 2.21. The number of benzene rings is 1. The van der Waals surface area contributed by atoms with Gasteiger partial charge in [0.1, 0.15) is 0 Å². The number of nitrogens with one attached hydrogen (secondary N) is 1. The van der Waals surface area contributed by atoms with Crippen LogP contribution in [0.25, 0.3) is 5.57 Å². The van der Waals surface area contributed by atoms with Gasteiger partial charge in [-0.3, -0.25) is 0 Å². The molecule has 0 aromatic heterocycles. The summed E-state index contributed by atoms with van der Waals surface area (Å²) in [6, 6.07) is 8.72. The second-order valence-electron chi connectivity index (χ2n) is 5.50. The summed E-state index contributed by atoms with van der Waals surface area (Å²) in [6.07, 6.45) is 10.4. The fraction of sp³-hybridized carbons (Fsp3) is 0.500. The number of hydrogen-bond donors (Lipinski definition) is 1. The molecule has 0 atom stereocenters. The SMILES string of the molecule is CCCCCCC(=N)C(=C1CC1)c1ccc(SC)cc1. The molecule has 1 aromatic carbocycles. The van der Waals surface area contributed by atoms with E-state index in [-0.39, 0.29) is 0 Å². The van der Waals surface area contributed by atoms with Crippen molar-refractivity contribution in [2.45, 2.75) is 56.8 Å². The van der Waals surface area contributed by atoms with Crippen LogP contribution >= 0.6 is 11.8 Å². The molecule has 2 rings (SSSR count). The first-order valence-electron chi connectivity index (χ1n) is 7.70. The second-order valence-corrected chi connectivity index (χ2v) is 6.38. The number of rotatable bonds is 8. The molecule has 1 nitrogen and oxygen atoms in total. The van der Waals surface area contributed by atoms with Crippen molar-refractivity contribution in [2.75, 3.05) is 6.26 Å². The third kappa shape index (κ3) is 4.24. The second kappa shape index (κ2) is 7.68. The van der Waals surface area contributed by atoms with Gasteiger partial charge in [-0.05, 0) is 49.6 Å². The molecule has 20 heavy (non-hydrogen) atoms. The van der Waals surface area contributed by atoms with E-state index in [0.29, 0.717) is 0 Å². The smallest absolute Gasteiger partial charge is 0.0391 e. The Morgan fingerprint density at radius 3 is 2.35 bits per heavy atom. The molecule has 2 heteroatoms. The van der Waals surface area contributed by atoms with Crippen LogP contribution in [-0.2, 0) is 0 Å². The maximum atomic E-state index is 8.42. The van der Waals surface area contributed by atoms with Crippen molar-refractivity contribution in [1.29, 1.82) is 5.41 Å². The maximum absolute atomic E-state index is 8.42. The molecule has 0 aliphatic heterocycles. The molecular formula is C18H25NS. The van der Waals surface area contributed by atoms with Crippen LogP contribution < -0.4 is 0 Å². The van der Waals surface area contributed by atoms with E-state index in [4.69, 9.17) is 5.41 Å². The molecule has 0 bridgehead atoms. The Balaban J connectivity index is 2.04. The number of allylic oxidation sites excluding steroid dienone is 2. The molecular weight excluding hydrogens is 262 g/mol. The largest absolute Gasteiger partial charge is 0.305 e. The molecule has 0 amide bonds. The van der Waals surface area contributed by atoms with Crippen molar-refractivity contribution in [2.24, 2.45) is 0 Å². The molecule has 1 N–H and O–H groups in total. The summed E-state index contributed by atoms with van der Waals surface area (Å²) < 4.78 is 0. The molecule has 1 aliphatic carbocycles. The highest BCUT2D eigenvalue weighted by molar-refractivity contribution is 7.98. The van der Waals surface area contributed by atoms with Crippen molar-refractivity contribution in [1.82, 2.24) is 0 Å². The van der Waals surface area contributed by atoms with E-state index < -0.39 is 0 Å². The third-order valence-electron chi connectivity index (χ3n) is 3.81. The zero-order valence-corrected chi connectivity index (χ0v) is 13.5. The van der Waals surface area contributed by atoms with Gasteiger partial charge in [0.2, 0.25) is 0 Å². The van der Waals surface area contributed by atoms with Gasteiger partial charge in [0.25, 0.3) is 0 Å². The number of thioether (sulfide) groups is 1. The molecule has 0 spiro atoms. The fourth-order valence-corrected chi connectivity index (χ4v) is 2.92. The Bertz CT molecular complexity index is 479. The topological polar surface area (TPSA) is 23.9 Å². The molecule has 0 unspecified atom stereocenters. The van der Waals surface area contributed by atoms with E-state index in [2.05, 4.69) is 37.4 Å². The minimum atomic E-state index is 0.852. The van der Waals surface area contributed by atoms with Crippen LogP contribution in [0.5, 0.6) is 0 Å².